The van der Waals surface area contributed by atoms with Crippen LogP contribution in [0.4, 0.5) is 0 Å². The van der Waals surface area contributed by atoms with Crippen molar-refractivity contribution >= 4 is 11.8 Å². The van der Waals surface area contributed by atoms with Crippen molar-refractivity contribution in [2.75, 3.05) is 20.2 Å². The highest BCUT2D eigenvalue weighted by atomic mass is 16.5. The number of rotatable bonds is 6. The Kier molecular flexibility index (Phi) is 6.33. The van der Waals surface area contributed by atoms with Gasteiger partial charge in [-0.3, -0.25) is 9.59 Å². The van der Waals surface area contributed by atoms with Gasteiger partial charge in [0.25, 0.3) is 5.91 Å². The maximum Gasteiger partial charge on any atom is 0.259 e. The summed E-state index contributed by atoms with van der Waals surface area (Å²) >= 11 is 0. The van der Waals surface area contributed by atoms with Gasteiger partial charge in [0.15, 0.2) is 5.60 Å². The molecule has 0 aliphatic rings. The summed E-state index contributed by atoms with van der Waals surface area (Å²) in [5.41, 5.74) is -0.676. The summed E-state index contributed by atoms with van der Waals surface area (Å²) in [5.74, 6) is -0.406. The number of nitrogens with one attached hydrogen (secondary N) is 1. The average Bonchev–Trinajstić information content (AvgIpc) is 2.50. The van der Waals surface area contributed by atoms with Gasteiger partial charge in [0.1, 0.15) is 0 Å². The van der Waals surface area contributed by atoms with Gasteiger partial charge >= 0.3 is 0 Å². The lowest BCUT2D eigenvalue weighted by Crippen LogP contribution is -2.52. The van der Waals surface area contributed by atoms with Gasteiger partial charge in [-0.25, -0.2) is 0 Å². The van der Waals surface area contributed by atoms with Crippen LogP contribution >= 0.6 is 0 Å². The lowest BCUT2D eigenvalue weighted by atomic mass is 9.94. The van der Waals surface area contributed by atoms with Crippen LogP contribution in [0.3, 0.4) is 0 Å². The Morgan fingerprint density at radius 3 is 2.13 bits per heavy atom. The van der Waals surface area contributed by atoms with Crippen LogP contribution in [0.5, 0.6) is 0 Å². The number of ether oxygens (including phenoxy) is 1. The number of amides is 2. The van der Waals surface area contributed by atoms with Gasteiger partial charge in [0.2, 0.25) is 5.91 Å². The van der Waals surface area contributed by atoms with Gasteiger partial charge in [-0.2, -0.15) is 0 Å². The van der Waals surface area contributed by atoms with Gasteiger partial charge in [0, 0.05) is 19.2 Å². The molecule has 0 radical (unpaired) electrons. The van der Waals surface area contributed by atoms with E-state index in [1.807, 2.05) is 58.0 Å². The van der Waals surface area contributed by atoms with Gasteiger partial charge in [-0.1, -0.05) is 30.3 Å². The van der Waals surface area contributed by atoms with Gasteiger partial charge in [0.05, 0.1) is 6.54 Å². The van der Waals surface area contributed by atoms with Crippen LogP contribution < -0.4 is 5.32 Å². The quantitative estimate of drug-likeness (QED) is 0.875. The van der Waals surface area contributed by atoms with Crippen LogP contribution in [0.15, 0.2) is 30.3 Å². The first-order chi connectivity index (χ1) is 10.6. The molecule has 5 heteroatoms. The Morgan fingerprint density at radius 1 is 1.13 bits per heavy atom. The standard InChI is InChI=1S/C18H28N2O3/c1-7-20(13-15(21)19-17(2,3)4)16(22)18(5,23-6)14-11-9-8-10-12-14/h8-12H,7,13H2,1-6H3,(H,19,21)/t18-/m1/s1. The summed E-state index contributed by atoms with van der Waals surface area (Å²) in [5, 5.41) is 2.87. The lowest BCUT2D eigenvalue weighted by Gasteiger charge is -2.33. The van der Waals surface area contributed by atoms with E-state index in [0.717, 1.165) is 5.56 Å². The topological polar surface area (TPSA) is 58.6 Å². The van der Waals surface area contributed by atoms with Crippen molar-refractivity contribution in [1.29, 1.82) is 0 Å². The van der Waals surface area contributed by atoms with E-state index in [1.54, 1.807) is 6.92 Å². The van der Waals surface area contributed by atoms with E-state index in [0.29, 0.717) is 6.54 Å². The van der Waals surface area contributed by atoms with Gasteiger partial charge < -0.3 is 15.0 Å². The van der Waals surface area contributed by atoms with Crippen molar-refractivity contribution in [2.45, 2.75) is 45.8 Å². The molecule has 1 N–H and O–H groups in total. The van der Waals surface area contributed by atoms with E-state index in [4.69, 9.17) is 4.74 Å². The normalized spacial score (nSPS) is 14.0. The smallest absolute Gasteiger partial charge is 0.259 e. The molecule has 5 nitrogen and oxygen atoms in total. The third-order valence-corrected chi connectivity index (χ3v) is 3.66. The second-order valence-corrected chi connectivity index (χ2v) is 6.72. The molecule has 0 saturated carbocycles. The Bertz CT molecular complexity index is 537. The van der Waals surface area contributed by atoms with Crippen molar-refractivity contribution in [3.05, 3.63) is 35.9 Å². The predicted molar refractivity (Wildman–Crippen MR) is 91.0 cm³/mol. The van der Waals surface area contributed by atoms with Crippen molar-refractivity contribution in [1.82, 2.24) is 10.2 Å². The summed E-state index contributed by atoms with van der Waals surface area (Å²) in [4.78, 5) is 26.6. The molecular formula is C18H28N2O3. The van der Waals surface area contributed by atoms with Crippen LogP contribution in [0.25, 0.3) is 0 Å². The molecule has 23 heavy (non-hydrogen) atoms. The molecule has 128 valence electrons. The highest BCUT2D eigenvalue weighted by Crippen LogP contribution is 2.27. The first kappa shape index (κ1) is 19.2. The zero-order chi connectivity index (χ0) is 17.7. The first-order valence-electron chi connectivity index (χ1n) is 7.85. The molecule has 0 heterocycles. The summed E-state index contributed by atoms with van der Waals surface area (Å²) in [7, 11) is 1.51. The van der Waals surface area contributed by atoms with E-state index in [9.17, 15) is 9.59 Å². The van der Waals surface area contributed by atoms with E-state index in [1.165, 1.54) is 12.0 Å². The number of hydrogen-bond acceptors (Lipinski definition) is 3. The maximum absolute atomic E-state index is 12.9. The van der Waals surface area contributed by atoms with E-state index < -0.39 is 5.60 Å². The fraction of sp³-hybridized carbons (Fsp3) is 0.556. The average molecular weight is 320 g/mol. The minimum Gasteiger partial charge on any atom is -0.364 e. The van der Waals surface area contributed by atoms with Crippen molar-refractivity contribution in [3.8, 4) is 0 Å². The molecular weight excluding hydrogens is 292 g/mol. The molecule has 1 atom stereocenters. The van der Waals surface area contributed by atoms with E-state index in [-0.39, 0.29) is 23.9 Å². The number of nitrogens with zero attached hydrogens (tertiary/aromatic N) is 1. The van der Waals surface area contributed by atoms with Crippen LogP contribution in [0.1, 0.15) is 40.2 Å². The zero-order valence-electron chi connectivity index (χ0n) is 15.0. The Labute approximate surface area is 139 Å². The Hall–Kier alpha value is -1.88. The second kappa shape index (κ2) is 7.59. The van der Waals surface area contributed by atoms with Crippen molar-refractivity contribution < 1.29 is 14.3 Å². The molecule has 1 rings (SSSR count). The van der Waals surface area contributed by atoms with Crippen LogP contribution in [0, 0.1) is 0 Å². The number of likely N-dealkylation sites (N-methyl/N-ethyl adjacent to an activating group) is 1. The molecule has 0 aromatic heterocycles. The van der Waals surface area contributed by atoms with Gasteiger partial charge in [-0.15, -0.1) is 0 Å². The zero-order valence-corrected chi connectivity index (χ0v) is 15.0. The molecule has 0 aliphatic carbocycles. The van der Waals surface area contributed by atoms with Crippen LogP contribution in [0.2, 0.25) is 0 Å². The van der Waals surface area contributed by atoms with Crippen LogP contribution in [-0.2, 0) is 19.9 Å². The summed E-state index contributed by atoms with van der Waals surface area (Å²) in [6.07, 6.45) is 0. The molecule has 0 unspecified atom stereocenters. The summed E-state index contributed by atoms with van der Waals surface area (Å²) < 4.78 is 5.53. The Balaban J connectivity index is 2.96. The number of benzene rings is 1. The fourth-order valence-electron chi connectivity index (χ4n) is 2.34. The van der Waals surface area contributed by atoms with Crippen LogP contribution in [-0.4, -0.2) is 42.5 Å². The SMILES string of the molecule is CCN(CC(=O)NC(C)(C)C)C(=O)[C@](C)(OC)c1ccccc1. The number of carbonyl (C=O) groups is 2. The lowest BCUT2D eigenvalue weighted by molar-refractivity contribution is -0.156. The highest BCUT2D eigenvalue weighted by molar-refractivity contribution is 5.90. The van der Waals surface area contributed by atoms with Gasteiger partial charge in [-0.05, 0) is 40.2 Å². The number of carbonyl (C=O) groups excluding carboxylic acids is 2. The second-order valence-electron chi connectivity index (χ2n) is 6.72. The molecule has 0 spiro atoms. The first-order valence-corrected chi connectivity index (χ1v) is 7.85. The predicted octanol–water partition coefficient (Wildman–Crippen LogP) is 2.31. The Morgan fingerprint density at radius 2 is 1.70 bits per heavy atom. The minimum absolute atomic E-state index is 0.0123. The molecule has 0 saturated heterocycles. The molecule has 0 aliphatic heterocycles. The largest absolute Gasteiger partial charge is 0.364 e. The number of hydrogen-bond donors (Lipinski definition) is 1. The van der Waals surface area contributed by atoms with Crippen molar-refractivity contribution in [3.63, 3.8) is 0 Å². The third kappa shape index (κ3) is 5.06. The summed E-state index contributed by atoms with van der Waals surface area (Å²) in [6, 6.07) is 9.32. The minimum atomic E-state index is -1.11. The molecule has 2 amide bonds. The summed E-state index contributed by atoms with van der Waals surface area (Å²) in [6.45, 7) is 9.75. The van der Waals surface area contributed by atoms with E-state index >= 15 is 0 Å². The number of methoxy groups -OCH3 is 1. The highest BCUT2D eigenvalue weighted by Gasteiger charge is 2.38. The monoisotopic (exact) mass is 320 g/mol. The van der Waals surface area contributed by atoms with E-state index in [2.05, 4.69) is 5.32 Å². The third-order valence-electron chi connectivity index (χ3n) is 3.66. The van der Waals surface area contributed by atoms with Crippen molar-refractivity contribution in [2.24, 2.45) is 0 Å². The molecule has 1 aromatic rings. The maximum atomic E-state index is 12.9. The molecule has 0 bridgehead atoms. The molecule has 1 aromatic carbocycles. The fourth-order valence-corrected chi connectivity index (χ4v) is 2.34. The molecule has 0 fully saturated rings.